The SMILES string of the molecule is CN(CCN1C=NCC1)C(=O)n1ccc(N(C)C(=O)n2ccc(N(C)C(=O)n3ccc(N)c3)c2)c1. The van der Waals surface area contributed by atoms with Crippen LogP contribution < -0.4 is 15.5 Å². The van der Waals surface area contributed by atoms with Gasteiger partial charge in [0.2, 0.25) is 0 Å². The van der Waals surface area contributed by atoms with Gasteiger partial charge in [0.05, 0.1) is 24.3 Å². The summed E-state index contributed by atoms with van der Waals surface area (Å²) in [7, 11) is 4.98. The van der Waals surface area contributed by atoms with Crippen LogP contribution in [0.25, 0.3) is 0 Å². The number of nitrogen functional groups attached to an aromatic ring is 1. The number of rotatable bonds is 5. The Morgan fingerprint density at radius 3 is 1.91 bits per heavy atom. The van der Waals surface area contributed by atoms with Crippen LogP contribution in [-0.2, 0) is 0 Å². The molecule has 4 rings (SSSR count). The van der Waals surface area contributed by atoms with E-state index >= 15 is 0 Å². The smallest absolute Gasteiger partial charge is 0.332 e. The number of anilines is 3. The molecule has 12 nitrogen and oxygen atoms in total. The Morgan fingerprint density at radius 2 is 1.40 bits per heavy atom. The molecule has 0 fully saturated rings. The Balaban J connectivity index is 1.38. The van der Waals surface area contributed by atoms with Crippen molar-refractivity contribution >= 4 is 41.5 Å². The molecule has 2 N–H and O–H groups in total. The van der Waals surface area contributed by atoms with Crippen LogP contribution in [0.3, 0.4) is 0 Å². The van der Waals surface area contributed by atoms with Gasteiger partial charge in [-0.1, -0.05) is 0 Å². The Morgan fingerprint density at radius 1 is 0.857 bits per heavy atom. The van der Waals surface area contributed by atoms with Crippen LogP contribution in [0, 0.1) is 0 Å². The number of aromatic nitrogens is 3. The maximum Gasteiger partial charge on any atom is 0.332 e. The summed E-state index contributed by atoms with van der Waals surface area (Å²) >= 11 is 0. The molecule has 0 saturated carbocycles. The summed E-state index contributed by atoms with van der Waals surface area (Å²) in [6.07, 6.45) is 11.3. The van der Waals surface area contributed by atoms with Crippen molar-refractivity contribution in [2.75, 3.05) is 62.9 Å². The number of nitrogens with zero attached hydrogens (tertiary/aromatic N) is 8. The normalized spacial score (nSPS) is 12.7. The van der Waals surface area contributed by atoms with Crippen LogP contribution in [0.4, 0.5) is 31.4 Å². The molecule has 3 amide bonds. The zero-order valence-electron chi connectivity index (χ0n) is 20.0. The lowest BCUT2D eigenvalue weighted by molar-refractivity contribution is 0.207. The molecule has 0 saturated heterocycles. The summed E-state index contributed by atoms with van der Waals surface area (Å²) in [4.78, 5) is 49.1. The van der Waals surface area contributed by atoms with Crippen molar-refractivity contribution in [2.45, 2.75) is 0 Å². The number of carbonyl (C=O) groups is 3. The van der Waals surface area contributed by atoms with Gasteiger partial charge >= 0.3 is 18.1 Å². The first-order valence-corrected chi connectivity index (χ1v) is 11.1. The van der Waals surface area contributed by atoms with Crippen molar-refractivity contribution in [3.8, 4) is 0 Å². The number of nitrogens with two attached hydrogens (primary N) is 1. The van der Waals surface area contributed by atoms with Crippen LogP contribution in [-0.4, -0.2) is 95.3 Å². The molecule has 0 spiro atoms. The minimum atomic E-state index is -0.339. The summed E-state index contributed by atoms with van der Waals surface area (Å²) in [5.74, 6) is 0. The molecule has 12 heteroatoms. The van der Waals surface area contributed by atoms with Gasteiger partial charge in [-0.25, -0.2) is 14.4 Å². The van der Waals surface area contributed by atoms with E-state index in [1.165, 1.54) is 29.7 Å². The molecule has 4 heterocycles. The predicted molar refractivity (Wildman–Crippen MR) is 134 cm³/mol. The second-order valence-corrected chi connectivity index (χ2v) is 8.35. The predicted octanol–water partition coefficient (Wildman–Crippen LogP) is 2.13. The summed E-state index contributed by atoms with van der Waals surface area (Å²) < 4.78 is 4.20. The largest absolute Gasteiger partial charge is 0.397 e. The van der Waals surface area contributed by atoms with Crippen LogP contribution in [0.1, 0.15) is 0 Å². The Hall–Kier alpha value is -4.48. The molecule has 0 aliphatic carbocycles. The van der Waals surface area contributed by atoms with Crippen LogP contribution in [0.15, 0.2) is 60.4 Å². The Kier molecular flexibility index (Phi) is 6.62. The molecule has 184 valence electrons. The van der Waals surface area contributed by atoms with E-state index in [1.54, 1.807) is 75.2 Å². The Labute approximate surface area is 203 Å². The average molecular weight is 480 g/mol. The lowest BCUT2D eigenvalue weighted by Crippen LogP contribution is -2.37. The topological polar surface area (TPSA) is 117 Å². The van der Waals surface area contributed by atoms with Gasteiger partial charge in [0.1, 0.15) is 0 Å². The summed E-state index contributed by atoms with van der Waals surface area (Å²) in [6, 6.07) is 4.17. The fourth-order valence-electron chi connectivity index (χ4n) is 3.66. The molecule has 0 atom stereocenters. The highest BCUT2D eigenvalue weighted by Crippen LogP contribution is 2.19. The van der Waals surface area contributed by atoms with Crippen LogP contribution in [0.5, 0.6) is 0 Å². The first kappa shape index (κ1) is 23.7. The summed E-state index contributed by atoms with van der Waals surface area (Å²) in [5, 5.41) is 0. The van der Waals surface area contributed by atoms with Gasteiger partial charge in [0.15, 0.2) is 0 Å². The lowest BCUT2D eigenvalue weighted by Gasteiger charge is -2.21. The van der Waals surface area contributed by atoms with E-state index in [-0.39, 0.29) is 18.1 Å². The Bertz CT molecular complexity index is 1250. The fraction of sp³-hybridized carbons (Fsp3) is 0.304. The highest BCUT2D eigenvalue weighted by atomic mass is 16.2. The van der Waals surface area contributed by atoms with E-state index in [4.69, 9.17) is 5.73 Å². The lowest BCUT2D eigenvalue weighted by atomic mass is 10.5. The highest BCUT2D eigenvalue weighted by Gasteiger charge is 2.20. The molecule has 0 bridgehead atoms. The minimum absolute atomic E-state index is 0.192. The standard InChI is InChI=1S/C23H29N9O3/c1-26(12-13-29-11-7-25-17-29)21(33)31-9-5-19(15-31)28(3)23(35)32-10-6-20(16-32)27(2)22(34)30-8-4-18(24)14-30/h4-6,8-10,14-17H,7,11-13,24H2,1-3H3. The zero-order valence-corrected chi connectivity index (χ0v) is 20.0. The van der Waals surface area contributed by atoms with Crippen molar-refractivity contribution in [2.24, 2.45) is 4.99 Å². The summed E-state index contributed by atoms with van der Waals surface area (Å²) in [6.45, 7) is 2.93. The van der Waals surface area contributed by atoms with Gasteiger partial charge in [-0.05, 0) is 18.2 Å². The first-order valence-electron chi connectivity index (χ1n) is 11.1. The van der Waals surface area contributed by atoms with E-state index in [0.29, 0.717) is 30.2 Å². The average Bonchev–Trinajstić information content (AvgIpc) is 3.67. The zero-order chi connectivity index (χ0) is 25.1. The molecule has 3 aromatic heterocycles. The van der Waals surface area contributed by atoms with E-state index < -0.39 is 0 Å². The molecular weight excluding hydrogens is 450 g/mol. The van der Waals surface area contributed by atoms with Gasteiger partial charge in [0, 0.05) is 83.6 Å². The molecule has 35 heavy (non-hydrogen) atoms. The first-order chi connectivity index (χ1) is 16.7. The molecule has 1 aliphatic heterocycles. The molecule has 0 aromatic carbocycles. The maximum absolute atomic E-state index is 13.0. The number of hydrogen-bond donors (Lipinski definition) is 1. The molecule has 1 aliphatic rings. The number of amides is 3. The van der Waals surface area contributed by atoms with Crippen LogP contribution >= 0.6 is 0 Å². The molecular formula is C23H29N9O3. The van der Waals surface area contributed by atoms with Crippen molar-refractivity contribution in [1.29, 1.82) is 0 Å². The van der Waals surface area contributed by atoms with E-state index in [1.807, 2.05) is 6.34 Å². The van der Waals surface area contributed by atoms with Crippen molar-refractivity contribution in [3.63, 3.8) is 0 Å². The third-order valence-corrected chi connectivity index (χ3v) is 5.89. The highest BCUT2D eigenvalue weighted by molar-refractivity contribution is 5.96. The molecule has 0 radical (unpaired) electrons. The van der Waals surface area contributed by atoms with Gasteiger partial charge in [-0.3, -0.25) is 28.5 Å². The van der Waals surface area contributed by atoms with Gasteiger partial charge in [0.25, 0.3) is 0 Å². The quantitative estimate of drug-likeness (QED) is 0.602. The van der Waals surface area contributed by atoms with E-state index in [0.717, 1.165) is 13.1 Å². The van der Waals surface area contributed by atoms with Crippen molar-refractivity contribution in [3.05, 3.63) is 55.4 Å². The maximum atomic E-state index is 13.0. The third kappa shape index (κ3) is 5.05. The molecule has 0 unspecified atom stereocenters. The van der Waals surface area contributed by atoms with Gasteiger partial charge in [-0.15, -0.1) is 0 Å². The van der Waals surface area contributed by atoms with E-state index in [2.05, 4.69) is 9.89 Å². The van der Waals surface area contributed by atoms with Crippen molar-refractivity contribution in [1.82, 2.24) is 23.5 Å². The van der Waals surface area contributed by atoms with Crippen molar-refractivity contribution < 1.29 is 14.4 Å². The fourth-order valence-corrected chi connectivity index (χ4v) is 3.66. The minimum Gasteiger partial charge on any atom is -0.397 e. The second kappa shape index (κ2) is 9.79. The van der Waals surface area contributed by atoms with Gasteiger partial charge in [-0.2, -0.15) is 0 Å². The monoisotopic (exact) mass is 479 g/mol. The number of hydrogen-bond acceptors (Lipinski definition) is 6. The molecule has 3 aromatic rings. The third-order valence-electron chi connectivity index (χ3n) is 5.89. The van der Waals surface area contributed by atoms with Crippen LogP contribution in [0.2, 0.25) is 0 Å². The number of aliphatic imine (C=N–C) groups is 1. The summed E-state index contributed by atoms with van der Waals surface area (Å²) in [5.41, 5.74) is 7.28. The number of carbonyl (C=O) groups excluding carboxylic acids is 3. The second-order valence-electron chi connectivity index (χ2n) is 8.35. The van der Waals surface area contributed by atoms with E-state index in [9.17, 15) is 14.4 Å². The number of likely N-dealkylation sites (N-methyl/N-ethyl adjacent to an activating group) is 1. The van der Waals surface area contributed by atoms with Gasteiger partial charge < -0.3 is 15.5 Å².